The van der Waals surface area contributed by atoms with Gasteiger partial charge in [0.2, 0.25) is 0 Å². The highest BCUT2D eigenvalue weighted by Crippen LogP contribution is 2.20. The van der Waals surface area contributed by atoms with E-state index in [2.05, 4.69) is 6.58 Å². The van der Waals surface area contributed by atoms with E-state index in [1.54, 1.807) is 11.8 Å². The van der Waals surface area contributed by atoms with Crippen LogP contribution in [0.3, 0.4) is 0 Å². The monoisotopic (exact) mass is 254 g/mol. The molecule has 0 N–H and O–H groups in total. The zero-order valence-corrected chi connectivity index (χ0v) is 11.0. The van der Waals surface area contributed by atoms with Gasteiger partial charge in [0.25, 0.3) is 0 Å². The topological polar surface area (TPSA) is 17.1 Å². The van der Waals surface area contributed by atoms with Crippen molar-refractivity contribution >= 4 is 23.1 Å². The first-order valence-electron chi connectivity index (χ1n) is 5.65. The van der Waals surface area contributed by atoms with Crippen LogP contribution < -0.4 is 0 Å². The van der Waals surface area contributed by atoms with Crippen molar-refractivity contribution < 1.29 is 4.79 Å². The maximum atomic E-state index is 12.2. The smallest absolute Gasteiger partial charge is 0.193 e. The molecular formula is C16H14OS. The van der Waals surface area contributed by atoms with Gasteiger partial charge < -0.3 is 0 Å². The molecule has 2 heteroatoms. The second-order valence-electron chi connectivity index (χ2n) is 3.90. The zero-order valence-electron chi connectivity index (χ0n) is 10.2. The predicted octanol–water partition coefficient (Wildman–Crippen LogP) is 4.30. The second kappa shape index (κ2) is 5.69. The molecule has 0 spiro atoms. The van der Waals surface area contributed by atoms with Crippen molar-refractivity contribution in [1.82, 2.24) is 0 Å². The first kappa shape index (κ1) is 12.7. The summed E-state index contributed by atoms with van der Waals surface area (Å²) in [6.45, 7) is 3.89. The molecule has 18 heavy (non-hydrogen) atoms. The number of carbonyl (C=O) groups excluding carboxylic acids is 1. The number of allylic oxidation sites excluding steroid dienone is 1. The maximum absolute atomic E-state index is 12.2. The van der Waals surface area contributed by atoms with Gasteiger partial charge in [-0.05, 0) is 36.1 Å². The Hall–Kier alpha value is -1.80. The SMILES string of the molecule is C=C(C(=O)c1ccc(SC)cc1)c1ccccc1. The largest absolute Gasteiger partial charge is 0.289 e. The third-order valence-corrected chi connectivity index (χ3v) is 3.49. The first-order valence-corrected chi connectivity index (χ1v) is 6.88. The minimum atomic E-state index is -0.0196. The van der Waals surface area contributed by atoms with E-state index in [1.807, 2.05) is 60.9 Å². The fourth-order valence-electron chi connectivity index (χ4n) is 1.69. The summed E-state index contributed by atoms with van der Waals surface area (Å²) < 4.78 is 0. The standard InChI is InChI=1S/C16H14OS/c1-12(13-6-4-3-5-7-13)16(17)14-8-10-15(18-2)11-9-14/h3-11H,1H2,2H3. The number of Topliss-reactive ketones (excluding diaryl/α,β-unsaturated/α-hetero) is 1. The van der Waals surface area contributed by atoms with Crippen LogP contribution >= 0.6 is 11.8 Å². The van der Waals surface area contributed by atoms with Crippen LogP contribution in [-0.2, 0) is 0 Å². The van der Waals surface area contributed by atoms with E-state index in [9.17, 15) is 4.79 Å². The van der Waals surface area contributed by atoms with Gasteiger partial charge in [-0.1, -0.05) is 36.9 Å². The summed E-state index contributed by atoms with van der Waals surface area (Å²) in [6, 6.07) is 17.1. The number of ketones is 1. The van der Waals surface area contributed by atoms with Crippen LogP contribution in [0.25, 0.3) is 5.57 Å². The fraction of sp³-hybridized carbons (Fsp3) is 0.0625. The predicted molar refractivity (Wildman–Crippen MR) is 78.0 cm³/mol. The van der Waals surface area contributed by atoms with Crippen molar-refractivity contribution in [1.29, 1.82) is 0 Å². The van der Waals surface area contributed by atoms with Crippen LogP contribution in [0.1, 0.15) is 15.9 Å². The van der Waals surface area contributed by atoms with Gasteiger partial charge in [0.15, 0.2) is 5.78 Å². The summed E-state index contributed by atoms with van der Waals surface area (Å²) in [6.07, 6.45) is 2.01. The van der Waals surface area contributed by atoms with Gasteiger partial charge in [-0.25, -0.2) is 0 Å². The molecule has 2 aromatic rings. The van der Waals surface area contributed by atoms with Gasteiger partial charge in [-0.3, -0.25) is 4.79 Å². The van der Waals surface area contributed by atoms with Crippen molar-refractivity contribution in [3.8, 4) is 0 Å². The van der Waals surface area contributed by atoms with Crippen molar-refractivity contribution in [2.24, 2.45) is 0 Å². The Morgan fingerprint density at radius 1 is 0.944 bits per heavy atom. The molecule has 0 aliphatic rings. The molecule has 0 atom stereocenters. The first-order chi connectivity index (χ1) is 8.72. The Kier molecular flexibility index (Phi) is 4.00. The van der Waals surface area contributed by atoms with E-state index in [-0.39, 0.29) is 5.78 Å². The van der Waals surface area contributed by atoms with Gasteiger partial charge in [0.05, 0.1) is 0 Å². The van der Waals surface area contributed by atoms with E-state index >= 15 is 0 Å². The molecule has 0 heterocycles. The zero-order chi connectivity index (χ0) is 13.0. The van der Waals surface area contributed by atoms with Gasteiger partial charge in [0, 0.05) is 16.0 Å². The van der Waals surface area contributed by atoms with Crippen LogP contribution in [0.2, 0.25) is 0 Å². The molecule has 0 aliphatic carbocycles. The van der Waals surface area contributed by atoms with Crippen molar-refractivity contribution in [2.45, 2.75) is 4.90 Å². The van der Waals surface area contributed by atoms with E-state index in [0.29, 0.717) is 11.1 Å². The molecule has 0 saturated carbocycles. The number of rotatable bonds is 4. The molecule has 0 bridgehead atoms. The van der Waals surface area contributed by atoms with E-state index in [4.69, 9.17) is 0 Å². The molecule has 1 nitrogen and oxygen atoms in total. The lowest BCUT2D eigenvalue weighted by Crippen LogP contribution is -2.01. The van der Waals surface area contributed by atoms with E-state index in [0.717, 1.165) is 10.5 Å². The van der Waals surface area contributed by atoms with Crippen molar-refractivity contribution in [2.75, 3.05) is 6.26 Å². The number of hydrogen-bond donors (Lipinski definition) is 0. The Balaban J connectivity index is 2.23. The molecule has 0 amide bonds. The Bertz CT molecular complexity index is 555. The lowest BCUT2D eigenvalue weighted by Gasteiger charge is -2.05. The number of benzene rings is 2. The number of carbonyl (C=O) groups is 1. The minimum Gasteiger partial charge on any atom is -0.289 e. The van der Waals surface area contributed by atoms with Crippen molar-refractivity contribution in [3.63, 3.8) is 0 Å². The summed E-state index contributed by atoms with van der Waals surface area (Å²) in [7, 11) is 0. The Morgan fingerprint density at radius 2 is 1.56 bits per heavy atom. The summed E-state index contributed by atoms with van der Waals surface area (Å²) >= 11 is 1.66. The number of hydrogen-bond acceptors (Lipinski definition) is 2. The van der Waals surface area contributed by atoms with E-state index in [1.165, 1.54) is 0 Å². The van der Waals surface area contributed by atoms with Crippen LogP contribution in [0.5, 0.6) is 0 Å². The average molecular weight is 254 g/mol. The third kappa shape index (κ3) is 2.71. The molecule has 0 aromatic heterocycles. The van der Waals surface area contributed by atoms with Crippen LogP contribution in [0.4, 0.5) is 0 Å². The highest BCUT2D eigenvalue weighted by Gasteiger charge is 2.11. The molecule has 2 aromatic carbocycles. The quantitative estimate of drug-likeness (QED) is 0.459. The molecule has 0 fully saturated rings. The molecule has 2 rings (SSSR count). The van der Waals surface area contributed by atoms with Crippen molar-refractivity contribution in [3.05, 3.63) is 72.3 Å². The van der Waals surface area contributed by atoms with Gasteiger partial charge in [0.1, 0.15) is 0 Å². The van der Waals surface area contributed by atoms with Gasteiger partial charge in [-0.15, -0.1) is 11.8 Å². The van der Waals surface area contributed by atoms with Gasteiger partial charge >= 0.3 is 0 Å². The lowest BCUT2D eigenvalue weighted by molar-refractivity contribution is 0.105. The van der Waals surface area contributed by atoms with Crippen LogP contribution in [0, 0.1) is 0 Å². The van der Waals surface area contributed by atoms with E-state index < -0.39 is 0 Å². The fourth-order valence-corrected chi connectivity index (χ4v) is 2.10. The average Bonchev–Trinajstić information content (AvgIpc) is 2.47. The summed E-state index contributed by atoms with van der Waals surface area (Å²) in [4.78, 5) is 13.4. The molecule has 0 saturated heterocycles. The summed E-state index contributed by atoms with van der Waals surface area (Å²) in [5.41, 5.74) is 2.09. The maximum Gasteiger partial charge on any atom is 0.193 e. The highest BCUT2D eigenvalue weighted by molar-refractivity contribution is 7.98. The highest BCUT2D eigenvalue weighted by atomic mass is 32.2. The molecular weight excluding hydrogens is 240 g/mol. The third-order valence-electron chi connectivity index (χ3n) is 2.75. The summed E-state index contributed by atoms with van der Waals surface area (Å²) in [5.74, 6) is -0.0196. The van der Waals surface area contributed by atoms with Gasteiger partial charge in [-0.2, -0.15) is 0 Å². The molecule has 90 valence electrons. The van der Waals surface area contributed by atoms with Crippen LogP contribution in [-0.4, -0.2) is 12.0 Å². The Morgan fingerprint density at radius 3 is 2.11 bits per heavy atom. The number of thioether (sulfide) groups is 1. The summed E-state index contributed by atoms with van der Waals surface area (Å²) in [5, 5.41) is 0. The second-order valence-corrected chi connectivity index (χ2v) is 4.78. The molecule has 0 unspecified atom stereocenters. The normalized spacial score (nSPS) is 10.1. The minimum absolute atomic E-state index is 0.0196. The lowest BCUT2D eigenvalue weighted by atomic mass is 9.98. The van der Waals surface area contributed by atoms with Crippen LogP contribution in [0.15, 0.2) is 66.1 Å². The Labute approximate surface area is 112 Å². The molecule has 0 aliphatic heterocycles. The molecule has 0 radical (unpaired) electrons.